The molecule has 5 nitrogen and oxygen atoms in total. The highest BCUT2D eigenvalue weighted by atomic mass is 16.5. The molecular formula is C22H26N2O3. The predicted molar refractivity (Wildman–Crippen MR) is 105 cm³/mol. The van der Waals surface area contributed by atoms with Crippen LogP contribution in [0.15, 0.2) is 54.6 Å². The van der Waals surface area contributed by atoms with Gasteiger partial charge >= 0.3 is 0 Å². The zero-order valence-electron chi connectivity index (χ0n) is 16.0. The average Bonchev–Trinajstić information content (AvgIpc) is 3.05. The molecule has 2 aromatic carbocycles. The van der Waals surface area contributed by atoms with E-state index in [1.165, 1.54) is 6.92 Å². The third-order valence-electron chi connectivity index (χ3n) is 4.96. The molecule has 2 aromatic rings. The number of likely N-dealkylation sites (tertiary alicyclic amines) is 1. The van der Waals surface area contributed by atoms with Crippen LogP contribution >= 0.6 is 0 Å². The maximum atomic E-state index is 13.0. The summed E-state index contributed by atoms with van der Waals surface area (Å²) in [5.41, 5.74) is 0.592. The zero-order valence-corrected chi connectivity index (χ0v) is 16.0. The Hall–Kier alpha value is -2.82. The fourth-order valence-corrected chi connectivity index (χ4v) is 3.58. The van der Waals surface area contributed by atoms with Gasteiger partial charge in [-0.15, -0.1) is 0 Å². The Bertz CT molecular complexity index is 804. The van der Waals surface area contributed by atoms with Crippen LogP contribution in [0.4, 0.5) is 0 Å². The lowest BCUT2D eigenvalue weighted by molar-refractivity contribution is -0.119. The van der Waals surface area contributed by atoms with Gasteiger partial charge in [-0.3, -0.25) is 9.59 Å². The number of hydrogen-bond acceptors (Lipinski definition) is 3. The van der Waals surface area contributed by atoms with Crippen LogP contribution in [0.25, 0.3) is 0 Å². The van der Waals surface area contributed by atoms with Gasteiger partial charge in [-0.2, -0.15) is 0 Å². The molecule has 2 unspecified atom stereocenters. The minimum absolute atomic E-state index is 0.00444. The molecule has 0 spiro atoms. The number of amides is 2. The van der Waals surface area contributed by atoms with Crippen molar-refractivity contribution in [1.29, 1.82) is 0 Å². The van der Waals surface area contributed by atoms with E-state index in [9.17, 15) is 9.59 Å². The Labute approximate surface area is 160 Å². The molecule has 0 aliphatic carbocycles. The Balaban J connectivity index is 1.74. The summed E-state index contributed by atoms with van der Waals surface area (Å²) >= 11 is 0. The van der Waals surface area contributed by atoms with E-state index in [2.05, 4.69) is 19.2 Å². The molecule has 142 valence electrons. The number of nitrogens with zero attached hydrogens (tertiary/aromatic N) is 1. The predicted octanol–water partition coefficient (Wildman–Crippen LogP) is 3.71. The number of ether oxygens (including phenoxy) is 1. The molecule has 1 aliphatic heterocycles. The summed E-state index contributed by atoms with van der Waals surface area (Å²) < 4.78 is 5.84. The van der Waals surface area contributed by atoms with Crippen molar-refractivity contribution in [3.05, 3.63) is 60.2 Å². The first-order valence-electron chi connectivity index (χ1n) is 9.33. The normalized spacial score (nSPS) is 19.2. The zero-order chi connectivity index (χ0) is 19.4. The Morgan fingerprint density at radius 1 is 1.04 bits per heavy atom. The largest absolute Gasteiger partial charge is 0.457 e. The van der Waals surface area contributed by atoms with Crippen molar-refractivity contribution in [2.75, 3.05) is 13.1 Å². The fourth-order valence-electron chi connectivity index (χ4n) is 3.58. The lowest BCUT2D eigenvalue weighted by atomic mass is 9.91. The molecule has 0 saturated carbocycles. The Kier molecular flexibility index (Phi) is 5.79. The lowest BCUT2D eigenvalue weighted by Crippen LogP contribution is -2.41. The van der Waals surface area contributed by atoms with Gasteiger partial charge in [0.15, 0.2) is 0 Å². The van der Waals surface area contributed by atoms with Gasteiger partial charge in [0.2, 0.25) is 5.91 Å². The summed E-state index contributed by atoms with van der Waals surface area (Å²) in [7, 11) is 0. The molecule has 1 saturated heterocycles. The quantitative estimate of drug-likeness (QED) is 0.877. The summed E-state index contributed by atoms with van der Waals surface area (Å²) in [5, 5.41) is 3.00. The molecule has 0 aromatic heterocycles. The van der Waals surface area contributed by atoms with Gasteiger partial charge in [0.1, 0.15) is 11.5 Å². The SMILES string of the molecule is CC(=O)NC1CN(C(=O)c2cccc(Oc3ccccc3)c2)CC1C(C)C. The van der Waals surface area contributed by atoms with E-state index >= 15 is 0 Å². The molecule has 1 fully saturated rings. The third kappa shape index (κ3) is 4.67. The van der Waals surface area contributed by atoms with E-state index < -0.39 is 0 Å². The second-order valence-corrected chi connectivity index (χ2v) is 7.37. The van der Waals surface area contributed by atoms with Crippen molar-refractivity contribution in [2.24, 2.45) is 11.8 Å². The standard InChI is InChI=1S/C22H26N2O3/c1-15(2)20-13-24(14-21(20)23-16(3)25)22(26)17-8-7-11-19(12-17)27-18-9-5-4-6-10-18/h4-12,15,20-21H,13-14H2,1-3H3,(H,23,25). The molecular weight excluding hydrogens is 340 g/mol. The molecule has 1 aliphatic rings. The summed E-state index contributed by atoms with van der Waals surface area (Å²) in [5.74, 6) is 1.90. The third-order valence-corrected chi connectivity index (χ3v) is 4.96. The summed E-state index contributed by atoms with van der Waals surface area (Å²) in [6.07, 6.45) is 0. The average molecular weight is 366 g/mol. The monoisotopic (exact) mass is 366 g/mol. The van der Waals surface area contributed by atoms with E-state index in [1.54, 1.807) is 12.1 Å². The molecule has 2 atom stereocenters. The first-order chi connectivity index (χ1) is 12.9. The van der Waals surface area contributed by atoms with Crippen LogP contribution in [-0.2, 0) is 4.79 Å². The maximum Gasteiger partial charge on any atom is 0.254 e. The number of para-hydroxylation sites is 1. The van der Waals surface area contributed by atoms with Gasteiger partial charge < -0.3 is 15.0 Å². The smallest absolute Gasteiger partial charge is 0.254 e. The van der Waals surface area contributed by atoms with E-state index in [4.69, 9.17) is 4.74 Å². The Morgan fingerprint density at radius 3 is 2.41 bits per heavy atom. The second kappa shape index (κ2) is 8.25. The summed E-state index contributed by atoms with van der Waals surface area (Å²) in [6.45, 7) is 6.95. The Morgan fingerprint density at radius 2 is 1.74 bits per heavy atom. The second-order valence-electron chi connectivity index (χ2n) is 7.37. The van der Waals surface area contributed by atoms with Crippen molar-refractivity contribution in [1.82, 2.24) is 10.2 Å². The van der Waals surface area contributed by atoms with Crippen LogP contribution < -0.4 is 10.1 Å². The van der Waals surface area contributed by atoms with Gasteiger partial charge in [-0.1, -0.05) is 38.1 Å². The van der Waals surface area contributed by atoms with Crippen LogP contribution in [0.3, 0.4) is 0 Å². The molecule has 0 bridgehead atoms. The number of rotatable bonds is 5. The van der Waals surface area contributed by atoms with E-state index in [0.717, 1.165) is 5.75 Å². The first kappa shape index (κ1) is 19.0. The van der Waals surface area contributed by atoms with E-state index in [1.807, 2.05) is 47.4 Å². The van der Waals surface area contributed by atoms with E-state index in [-0.39, 0.29) is 23.8 Å². The minimum Gasteiger partial charge on any atom is -0.457 e. The van der Waals surface area contributed by atoms with Crippen LogP contribution in [-0.4, -0.2) is 35.8 Å². The van der Waals surface area contributed by atoms with E-state index in [0.29, 0.717) is 30.3 Å². The summed E-state index contributed by atoms with van der Waals surface area (Å²) in [6, 6.07) is 16.7. The maximum absolute atomic E-state index is 13.0. The molecule has 3 rings (SSSR count). The molecule has 0 radical (unpaired) electrons. The minimum atomic E-state index is -0.0572. The topological polar surface area (TPSA) is 58.6 Å². The highest BCUT2D eigenvalue weighted by Gasteiger charge is 2.37. The highest BCUT2D eigenvalue weighted by molar-refractivity contribution is 5.95. The fraction of sp³-hybridized carbons (Fsp3) is 0.364. The molecule has 1 heterocycles. The van der Waals surface area contributed by atoms with Crippen molar-refractivity contribution in [3.8, 4) is 11.5 Å². The van der Waals surface area contributed by atoms with Gasteiger partial charge in [0.25, 0.3) is 5.91 Å². The van der Waals surface area contributed by atoms with Crippen molar-refractivity contribution in [3.63, 3.8) is 0 Å². The summed E-state index contributed by atoms with van der Waals surface area (Å²) in [4.78, 5) is 26.3. The van der Waals surface area contributed by atoms with Crippen LogP contribution in [0, 0.1) is 11.8 Å². The number of hydrogen-bond donors (Lipinski definition) is 1. The number of benzene rings is 2. The highest BCUT2D eigenvalue weighted by Crippen LogP contribution is 2.27. The van der Waals surface area contributed by atoms with Crippen molar-refractivity contribution in [2.45, 2.75) is 26.8 Å². The molecule has 1 N–H and O–H groups in total. The number of carbonyl (C=O) groups is 2. The van der Waals surface area contributed by atoms with Crippen LogP contribution in [0.2, 0.25) is 0 Å². The lowest BCUT2D eigenvalue weighted by Gasteiger charge is -2.21. The molecule has 2 amide bonds. The first-order valence-corrected chi connectivity index (χ1v) is 9.33. The van der Waals surface area contributed by atoms with Gasteiger partial charge in [-0.25, -0.2) is 0 Å². The molecule has 5 heteroatoms. The number of carbonyl (C=O) groups excluding carboxylic acids is 2. The van der Waals surface area contributed by atoms with Gasteiger partial charge in [-0.05, 0) is 36.2 Å². The van der Waals surface area contributed by atoms with Gasteiger partial charge in [0.05, 0.1) is 6.04 Å². The molecule has 27 heavy (non-hydrogen) atoms. The van der Waals surface area contributed by atoms with Crippen LogP contribution in [0.5, 0.6) is 11.5 Å². The van der Waals surface area contributed by atoms with Crippen molar-refractivity contribution >= 4 is 11.8 Å². The van der Waals surface area contributed by atoms with Crippen molar-refractivity contribution < 1.29 is 14.3 Å². The van der Waals surface area contributed by atoms with Crippen LogP contribution in [0.1, 0.15) is 31.1 Å². The van der Waals surface area contributed by atoms with Gasteiger partial charge in [0, 0.05) is 31.5 Å². The number of nitrogens with one attached hydrogen (secondary N) is 1.